The lowest BCUT2D eigenvalue weighted by Gasteiger charge is -2.14. The third-order valence-corrected chi connectivity index (χ3v) is 2.53. The summed E-state index contributed by atoms with van der Waals surface area (Å²) in [7, 11) is 0. The maximum Gasteiger partial charge on any atom is 0.303 e. The van der Waals surface area contributed by atoms with Crippen molar-refractivity contribution in [3.63, 3.8) is 0 Å². The topological polar surface area (TPSA) is 58.6 Å². The van der Waals surface area contributed by atoms with Crippen molar-refractivity contribution in [2.24, 2.45) is 0 Å². The van der Waals surface area contributed by atoms with Crippen molar-refractivity contribution >= 4 is 11.7 Å². The number of hydrogen-bond acceptors (Lipinski definition) is 3. The van der Waals surface area contributed by atoms with Crippen molar-refractivity contribution in [2.75, 3.05) is 11.9 Å². The number of rotatable bonds is 8. The molecule has 0 saturated carbocycles. The van der Waals surface area contributed by atoms with Crippen LogP contribution in [0.4, 0.5) is 5.69 Å². The first-order valence-corrected chi connectivity index (χ1v) is 6.33. The lowest BCUT2D eigenvalue weighted by Crippen LogP contribution is -2.16. The SMILES string of the molecule is CCCOc1ccc(NC(C)CCC(=O)O)cc1. The van der Waals surface area contributed by atoms with Gasteiger partial charge in [-0.1, -0.05) is 6.92 Å². The van der Waals surface area contributed by atoms with Gasteiger partial charge in [-0.15, -0.1) is 0 Å². The molecule has 0 aliphatic carbocycles. The van der Waals surface area contributed by atoms with Gasteiger partial charge in [0, 0.05) is 18.2 Å². The number of benzene rings is 1. The first-order valence-electron chi connectivity index (χ1n) is 6.33. The number of anilines is 1. The van der Waals surface area contributed by atoms with Crippen LogP contribution < -0.4 is 10.1 Å². The van der Waals surface area contributed by atoms with Crippen molar-refractivity contribution < 1.29 is 14.6 Å². The molecule has 0 bridgehead atoms. The number of ether oxygens (including phenoxy) is 1. The predicted molar refractivity (Wildman–Crippen MR) is 72.2 cm³/mol. The molecule has 0 heterocycles. The van der Waals surface area contributed by atoms with E-state index in [4.69, 9.17) is 9.84 Å². The minimum Gasteiger partial charge on any atom is -0.494 e. The summed E-state index contributed by atoms with van der Waals surface area (Å²) in [5.41, 5.74) is 0.983. The van der Waals surface area contributed by atoms with Crippen LogP contribution in [0.3, 0.4) is 0 Å². The van der Waals surface area contributed by atoms with E-state index in [1.807, 2.05) is 31.2 Å². The number of carboxylic acids is 1. The fourth-order valence-corrected chi connectivity index (χ4v) is 1.56. The number of carbonyl (C=O) groups is 1. The molecule has 1 aromatic carbocycles. The average molecular weight is 251 g/mol. The van der Waals surface area contributed by atoms with Crippen molar-refractivity contribution in [3.05, 3.63) is 24.3 Å². The Morgan fingerprint density at radius 3 is 2.61 bits per heavy atom. The van der Waals surface area contributed by atoms with Gasteiger partial charge in [-0.25, -0.2) is 0 Å². The van der Waals surface area contributed by atoms with Crippen LogP contribution in [0.15, 0.2) is 24.3 Å². The minimum absolute atomic E-state index is 0.142. The molecule has 0 aliphatic rings. The Labute approximate surface area is 108 Å². The first-order chi connectivity index (χ1) is 8.61. The van der Waals surface area contributed by atoms with Crippen LogP contribution >= 0.6 is 0 Å². The van der Waals surface area contributed by atoms with Crippen LogP contribution in [-0.2, 0) is 4.79 Å². The molecular weight excluding hydrogens is 230 g/mol. The van der Waals surface area contributed by atoms with Gasteiger partial charge in [0.1, 0.15) is 5.75 Å². The van der Waals surface area contributed by atoms with Crippen LogP contribution in [0.25, 0.3) is 0 Å². The van der Waals surface area contributed by atoms with Crippen LogP contribution in [0.2, 0.25) is 0 Å². The van der Waals surface area contributed by atoms with E-state index in [0.717, 1.165) is 24.5 Å². The maximum atomic E-state index is 10.5. The van der Waals surface area contributed by atoms with Gasteiger partial charge in [0.25, 0.3) is 0 Å². The zero-order valence-corrected chi connectivity index (χ0v) is 11.0. The lowest BCUT2D eigenvalue weighted by molar-refractivity contribution is -0.137. The normalized spacial score (nSPS) is 11.9. The molecule has 0 radical (unpaired) electrons. The van der Waals surface area contributed by atoms with Crippen molar-refractivity contribution in [3.8, 4) is 5.75 Å². The van der Waals surface area contributed by atoms with Gasteiger partial charge < -0.3 is 15.2 Å². The summed E-state index contributed by atoms with van der Waals surface area (Å²) in [6, 6.07) is 7.87. The molecule has 0 spiro atoms. The van der Waals surface area contributed by atoms with E-state index in [2.05, 4.69) is 12.2 Å². The lowest BCUT2D eigenvalue weighted by atomic mass is 10.1. The Hall–Kier alpha value is -1.71. The third-order valence-electron chi connectivity index (χ3n) is 2.53. The predicted octanol–water partition coefficient (Wildman–Crippen LogP) is 3.14. The van der Waals surface area contributed by atoms with Gasteiger partial charge in [-0.2, -0.15) is 0 Å². The highest BCUT2D eigenvalue weighted by molar-refractivity contribution is 5.66. The van der Waals surface area contributed by atoms with E-state index < -0.39 is 5.97 Å². The largest absolute Gasteiger partial charge is 0.494 e. The fraction of sp³-hybridized carbons (Fsp3) is 0.500. The molecule has 4 nitrogen and oxygen atoms in total. The Morgan fingerprint density at radius 2 is 2.06 bits per heavy atom. The Morgan fingerprint density at radius 1 is 1.39 bits per heavy atom. The van der Waals surface area contributed by atoms with E-state index in [1.54, 1.807) is 0 Å². The molecule has 4 heteroatoms. The quantitative estimate of drug-likeness (QED) is 0.745. The van der Waals surface area contributed by atoms with Gasteiger partial charge in [0.05, 0.1) is 6.61 Å². The molecule has 0 aliphatic heterocycles. The molecule has 100 valence electrons. The number of nitrogens with one attached hydrogen (secondary N) is 1. The summed E-state index contributed by atoms with van der Waals surface area (Å²) >= 11 is 0. The van der Waals surface area contributed by atoms with Crippen LogP contribution in [-0.4, -0.2) is 23.7 Å². The Balaban J connectivity index is 2.40. The highest BCUT2D eigenvalue weighted by Gasteiger charge is 2.05. The van der Waals surface area contributed by atoms with Crippen molar-refractivity contribution in [1.29, 1.82) is 0 Å². The van der Waals surface area contributed by atoms with Crippen LogP contribution in [0, 0.1) is 0 Å². The van der Waals surface area contributed by atoms with Crippen molar-refractivity contribution in [1.82, 2.24) is 0 Å². The van der Waals surface area contributed by atoms with Crippen LogP contribution in [0.5, 0.6) is 5.75 Å². The second kappa shape index (κ2) is 7.58. The Kier molecular flexibility index (Phi) is 6.05. The molecular formula is C14H21NO3. The van der Waals surface area contributed by atoms with Crippen molar-refractivity contribution in [2.45, 2.75) is 39.2 Å². The zero-order chi connectivity index (χ0) is 13.4. The van der Waals surface area contributed by atoms with Gasteiger partial charge in [-0.3, -0.25) is 4.79 Å². The summed E-state index contributed by atoms with van der Waals surface area (Å²) in [6.07, 6.45) is 1.79. The summed E-state index contributed by atoms with van der Waals surface area (Å²) in [5.74, 6) is 0.104. The smallest absolute Gasteiger partial charge is 0.303 e. The molecule has 0 amide bonds. The molecule has 1 rings (SSSR count). The fourth-order valence-electron chi connectivity index (χ4n) is 1.56. The summed E-state index contributed by atoms with van der Waals surface area (Å²) < 4.78 is 5.49. The van der Waals surface area contributed by atoms with E-state index in [1.165, 1.54) is 0 Å². The maximum absolute atomic E-state index is 10.5. The standard InChI is InChI=1S/C14H21NO3/c1-3-10-18-13-7-5-12(6-8-13)15-11(2)4-9-14(16)17/h5-8,11,15H,3-4,9-10H2,1-2H3,(H,16,17). The molecule has 1 aromatic rings. The van der Waals surface area contributed by atoms with Gasteiger partial charge in [0.2, 0.25) is 0 Å². The van der Waals surface area contributed by atoms with Gasteiger partial charge in [-0.05, 0) is 44.0 Å². The molecule has 1 unspecified atom stereocenters. The van der Waals surface area contributed by atoms with Crippen LogP contribution in [0.1, 0.15) is 33.1 Å². The molecule has 0 fully saturated rings. The summed E-state index contributed by atoms with van der Waals surface area (Å²) in [6.45, 7) is 4.77. The monoisotopic (exact) mass is 251 g/mol. The molecule has 18 heavy (non-hydrogen) atoms. The number of aliphatic carboxylic acids is 1. The second-order valence-electron chi connectivity index (χ2n) is 4.35. The molecule has 1 atom stereocenters. The van der Waals surface area contributed by atoms with E-state index in [-0.39, 0.29) is 12.5 Å². The highest BCUT2D eigenvalue weighted by Crippen LogP contribution is 2.17. The third kappa shape index (κ3) is 5.57. The van der Waals surface area contributed by atoms with E-state index in [9.17, 15) is 4.79 Å². The minimum atomic E-state index is -0.757. The van der Waals surface area contributed by atoms with Gasteiger partial charge >= 0.3 is 5.97 Å². The van der Waals surface area contributed by atoms with E-state index in [0.29, 0.717) is 6.42 Å². The number of carboxylic acid groups (broad SMARTS) is 1. The molecule has 0 aromatic heterocycles. The summed E-state index contributed by atoms with van der Waals surface area (Å²) in [4.78, 5) is 10.5. The summed E-state index contributed by atoms with van der Waals surface area (Å²) in [5, 5.41) is 11.9. The zero-order valence-electron chi connectivity index (χ0n) is 11.0. The second-order valence-corrected chi connectivity index (χ2v) is 4.35. The Bertz CT molecular complexity index is 362. The highest BCUT2D eigenvalue weighted by atomic mass is 16.5. The van der Waals surface area contributed by atoms with E-state index >= 15 is 0 Å². The van der Waals surface area contributed by atoms with Gasteiger partial charge in [0.15, 0.2) is 0 Å². The molecule has 0 saturated heterocycles. The molecule has 2 N–H and O–H groups in total. The first kappa shape index (κ1) is 14.4. The average Bonchev–Trinajstić information content (AvgIpc) is 2.35. The number of hydrogen-bond donors (Lipinski definition) is 2.